The Bertz CT molecular complexity index is 657. The number of aromatic nitrogens is 2. The van der Waals surface area contributed by atoms with E-state index in [1.165, 1.54) is 43.8 Å². The number of rotatable bonds is 5. The van der Waals surface area contributed by atoms with Gasteiger partial charge in [-0.25, -0.2) is 4.98 Å². The predicted octanol–water partition coefficient (Wildman–Crippen LogP) is 2.78. The van der Waals surface area contributed by atoms with Crippen LogP contribution in [0.5, 0.6) is 0 Å². The molecule has 3 rings (SSSR count). The van der Waals surface area contributed by atoms with Crippen molar-refractivity contribution >= 4 is 5.91 Å². The zero-order chi connectivity index (χ0) is 16.8. The highest BCUT2D eigenvalue weighted by Crippen LogP contribution is 2.19. The molecule has 126 valence electrons. The van der Waals surface area contributed by atoms with Gasteiger partial charge in [0.05, 0.1) is 6.20 Å². The first-order valence-corrected chi connectivity index (χ1v) is 8.58. The molecular weight excluding hydrogens is 300 g/mol. The third-order valence-corrected chi connectivity index (χ3v) is 4.60. The molecule has 0 radical (unpaired) electrons. The molecule has 1 aliphatic heterocycles. The van der Waals surface area contributed by atoms with E-state index in [2.05, 4.69) is 51.4 Å². The van der Waals surface area contributed by atoms with Crippen LogP contribution in [0.2, 0.25) is 0 Å². The van der Waals surface area contributed by atoms with Crippen molar-refractivity contribution in [1.82, 2.24) is 20.2 Å². The van der Waals surface area contributed by atoms with Gasteiger partial charge in [0.15, 0.2) is 0 Å². The zero-order valence-electron chi connectivity index (χ0n) is 14.1. The molecule has 24 heavy (non-hydrogen) atoms. The van der Waals surface area contributed by atoms with E-state index in [4.69, 9.17) is 0 Å². The largest absolute Gasteiger partial charge is 0.347 e. The van der Waals surface area contributed by atoms with Gasteiger partial charge in [0.25, 0.3) is 5.91 Å². The van der Waals surface area contributed by atoms with Crippen LogP contribution in [0.1, 0.15) is 47.8 Å². The summed E-state index contributed by atoms with van der Waals surface area (Å²) in [6.07, 6.45) is 8.49. The van der Waals surface area contributed by atoms with Crippen LogP contribution in [0.4, 0.5) is 0 Å². The lowest BCUT2D eigenvalue weighted by atomic mass is 10.0. The number of hydrogen-bond donors (Lipinski definition) is 1. The van der Waals surface area contributed by atoms with Crippen molar-refractivity contribution in [3.63, 3.8) is 0 Å². The van der Waals surface area contributed by atoms with Crippen LogP contribution in [0.25, 0.3) is 0 Å². The number of piperidine rings is 1. The highest BCUT2D eigenvalue weighted by atomic mass is 16.1. The summed E-state index contributed by atoms with van der Waals surface area (Å²) >= 11 is 0. The molecule has 1 aliphatic rings. The lowest BCUT2D eigenvalue weighted by Crippen LogP contribution is -2.36. The maximum Gasteiger partial charge on any atom is 0.271 e. The number of nitrogens with zero attached hydrogens (tertiary/aromatic N) is 3. The first-order valence-electron chi connectivity index (χ1n) is 8.58. The van der Waals surface area contributed by atoms with Crippen LogP contribution in [-0.2, 0) is 13.1 Å². The molecule has 0 bridgehead atoms. The number of carbonyl (C=O) groups excluding carboxylic acids is 1. The summed E-state index contributed by atoms with van der Waals surface area (Å²) in [4.78, 5) is 22.4. The fourth-order valence-corrected chi connectivity index (χ4v) is 3.08. The smallest absolute Gasteiger partial charge is 0.271 e. The fourth-order valence-electron chi connectivity index (χ4n) is 3.08. The second-order valence-electron chi connectivity index (χ2n) is 6.41. The standard InChI is InChI=1S/C19H24N4O/c1-15-4-2-3-11-23(15)14-17-7-5-16(6-8-17)12-22-19(24)18-13-20-9-10-21-18/h5-10,13,15H,2-4,11-12,14H2,1H3,(H,22,24). The summed E-state index contributed by atoms with van der Waals surface area (Å²) in [5, 5.41) is 2.87. The lowest BCUT2D eigenvalue weighted by molar-refractivity contribution is 0.0945. The van der Waals surface area contributed by atoms with Gasteiger partial charge >= 0.3 is 0 Å². The summed E-state index contributed by atoms with van der Waals surface area (Å²) in [6, 6.07) is 9.16. The SMILES string of the molecule is CC1CCCCN1Cc1ccc(CNC(=O)c2cnccn2)cc1. The number of likely N-dealkylation sites (tertiary alicyclic amines) is 1. The molecular formula is C19H24N4O. The minimum absolute atomic E-state index is 0.200. The van der Waals surface area contributed by atoms with Gasteiger partial charge in [-0.15, -0.1) is 0 Å². The Labute approximate surface area is 143 Å². The van der Waals surface area contributed by atoms with Crippen molar-refractivity contribution < 1.29 is 4.79 Å². The van der Waals surface area contributed by atoms with E-state index >= 15 is 0 Å². The van der Waals surface area contributed by atoms with Crippen LogP contribution in [0.15, 0.2) is 42.9 Å². The molecule has 1 N–H and O–H groups in total. The van der Waals surface area contributed by atoms with E-state index in [0.717, 1.165) is 12.1 Å². The van der Waals surface area contributed by atoms with Crippen LogP contribution < -0.4 is 5.32 Å². The van der Waals surface area contributed by atoms with Gasteiger partial charge in [-0.05, 0) is 37.4 Å². The molecule has 1 saturated heterocycles. The van der Waals surface area contributed by atoms with Crippen molar-refractivity contribution in [2.75, 3.05) is 6.54 Å². The van der Waals surface area contributed by atoms with Gasteiger partial charge in [-0.1, -0.05) is 30.7 Å². The Kier molecular flexibility index (Phi) is 5.54. The molecule has 1 fully saturated rings. The monoisotopic (exact) mass is 324 g/mol. The summed E-state index contributed by atoms with van der Waals surface area (Å²) in [5.41, 5.74) is 2.75. The Morgan fingerprint density at radius 1 is 1.21 bits per heavy atom. The van der Waals surface area contributed by atoms with Crippen LogP contribution in [-0.4, -0.2) is 33.4 Å². The maximum absolute atomic E-state index is 12.0. The van der Waals surface area contributed by atoms with E-state index in [-0.39, 0.29) is 5.91 Å². The Morgan fingerprint density at radius 2 is 2.00 bits per heavy atom. The second kappa shape index (κ2) is 8.02. The Hall–Kier alpha value is -2.27. The second-order valence-corrected chi connectivity index (χ2v) is 6.41. The molecule has 2 aromatic rings. The van der Waals surface area contributed by atoms with Gasteiger partial charge in [-0.2, -0.15) is 0 Å². The molecule has 2 heterocycles. The Balaban J connectivity index is 1.52. The van der Waals surface area contributed by atoms with E-state index in [9.17, 15) is 4.79 Å². The van der Waals surface area contributed by atoms with E-state index < -0.39 is 0 Å². The number of nitrogens with one attached hydrogen (secondary N) is 1. The van der Waals surface area contributed by atoms with E-state index in [1.54, 1.807) is 6.20 Å². The highest BCUT2D eigenvalue weighted by Gasteiger charge is 2.17. The third-order valence-electron chi connectivity index (χ3n) is 4.60. The van der Waals surface area contributed by atoms with E-state index in [0.29, 0.717) is 18.3 Å². The summed E-state index contributed by atoms with van der Waals surface area (Å²) in [7, 11) is 0. The first kappa shape index (κ1) is 16.6. The maximum atomic E-state index is 12.0. The predicted molar refractivity (Wildman–Crippen MR) is 93.4 cm³/mol. The van der Waals surface area contributed by atoms with Crippen molar-refractivity contribution in [1.29, 1.82) is 0 Å². The third kappa shape index (κ3) is 4.38. The highest BCUT2D eigenvalue weighted by molar-refractivity contribution is 5.91. The summed E-state index contributed by atoms with van der Waals surface area (Å²) in [5.74, 6) is -0.200. The van der Waals surface area contributed by atoms with Gasteiger partial charge in [0.1, 0.15) is 5.69 Å². The van der Waals surface area contributed by atoms with Gasteiger partial charge < -0.3 is 5.32 Å². The van der Waals surface area contributed by atoms with Crippen molar-refractivity contribution in [3.8, 4) is 0 Å². The van der Waals surface area contributed by atoms with Gasteiger partial charge in [0.2, 0.25) is 0 Å². The number of hydrogen-bond acceptors (Lipinski definition) is 4. The van der Waals surface area contributed by atoms with E-state index in [1.807, 2.05) is 0 Å². The summed E-state index contributed by atoms with van der Waals surface area (Å²) < 4.78 is 0. The van der Waals surface area contributed by atoms with Crippen molar-refractivity contribution in [2.45, 2.75) is 45.3 Å². The average Bonchev–Trinajstić information content (AvgIpc) is 2.63. The zero-order valence-corrected chi connectivity index (χ0v) is 14.1. The summed E-state index contributed by atoms with van der Waals surface area (Å²) in [6.45, 7) is 5.01. The number of carbonyl (C=O) groups is 1. The molecule has 0 spiro atoms. The van der Waals surface area contributed by atoms with Gasteiger partial charge in [-0.3, -0.25) is 14.7 Å². The molecule has 0 aliphatic carbocycles. The lowest BCUT2D eigenvalue weighted by Gasteiger charge is -2.33. The number of amides is 1. The first-order chi connectivity index (χ1) is 11.7. The van der Waals surface area contributed by atoms with Gasteiger partial charge in [0, 0.05) is 31.5 Å². The van der Waals surface area contributed by atoms with Crippen LogP contribution >= 0.6 is 0 Å². The fraction of sp³-hybridized carbons (Fsp3) is 0.421. The Morgan fingerprint density at radius 3 is 2.71 bits per heavy atom. The van der Waals surface area contributed by atoms with Crippen molar-refractivity contribution in [2.24, 2.45) is 0 Å². The molecule has 1 amide bonds. The quantitative estimate of drug-likeness (QED) is 0.919. The molecule has 5 nitrogen and oxygen atoms in total. The minimum atomic E-state index is -0.200. The van der Waals surface area contributed by atoms with Crippen LogP contribution in [0, 0.1) is 0 Å². The molecule has 0 saturated carbocycles. The molecule has 5 heteroatoms. The topological polar surface area (TPSA) is 58.1 Å². The van der Waals surface area contributed by atoms with Crippen molar-refractivity contribution in [3.05, 3.63) is 59.7 Å². The molecule has 1 aromatic heterocycles. The molecule has 1 unspecified atom stereocenters. The molecule has 1 atom stereocenters. The van der Waals surface area contributed by atoms with Crippen LogP contribution in [0.3, 0.4) is 0 Å². The minimum Gasteiger partial charge on any atom is -0.347 e. The number of benzene rings is 1. The average molecular weight is 324 g/mol. The molecule has 1 aromatic carbocycles. The normalized spacial score (nSPS) is 18.3.